The van der Waals surface area contributed by atoms with E-state index in [0.717, 1.165) is 5.82 Å². The summed E-state index contributed by atoms with van der Waals surface area (Å²) in [7, 11) is 0. The van der Waals surface area contributed by atoms with Crippen LogP contribution in [0, 0.1) is 6.92 Å². The molecule has 0 saturated heterocycles. The number of aromatic nitrogens is 3. The molecule has 1 heterocycles. The summed E-state index contributed by atoms with van der Waals surface area (Å²) < 4.78 is 0. The van der Waals surface area contributed by atoms with Crippen molar-refractivity contribution in [3.05, 3.63) is 18.5 Å². The number of urea groups is 1. The Morgan fingerprint density at radius 3 is 1.92 bits per heavy atom. The van der Waals surface area contributed by atoms with Gasteiger partial charge in [-0.3, -0.25) is 0 Å². The predicted octanol–water partition coefficient (Wildman–Crippen LogP) is -1.71. The quantitative estimate of drug-likeness (QED) is 0.250. The van der Waals surface area contributed by atoms with E-state index in [1.54, 1.807) is 0 Å². The van der Waals surface area contributed by atoms with E-state index in [1.165, 1.54) is 12.7 Å². The summed E-state index contributed by atoms with van der Waals surface area (Å²) in [5.41, 5.74) is 4.47. The predicted molar refractivity (Wildman–Crippen MR) is 44.4 cm³/mol. The molecule has 1 aromatic heterocycles. The molecule has 0 aliphatic rings. The highest BCUT2D eigenvalue weighted by molar-refractivity contribution is 5.70. The summed E-state index contributed by atoms with van der Waals surface area (Å²) in [6.45, 7) is 1.82. The van der Waals surface area contributed by atoms with Gasteiger partial charge in [-0.1, -0.05) is 0 Å². The fraction of sp³-hybridized carbons (Fsp3) is 0.200. The standard InChI is InChI=1S/C4H5N3.CH6N4O/c1-4-6-2-5-3-7-4;2-1(6)5(3)4/h2-3H,1H3;3-4H2,(H2,2,6). The Balaban J connectivity index is 0.000000226. The van der Waals surface area contributed by atoms with E-state index < -0.39 is 6.03 Å². The minimum Gasteiger partial charge on any atom is -0.349 e. The van der Waals surface area contributed by atoms with E-state index in [9.17, 15) is 4.79 Å². The summed E-state index contributed by atoms with van der Waals surface area (Å²) in [4.78, 5) is 20.7. The lowest BCUT2D eigenvalue weighted by Gasteiger charge is -2.00. The number of hydrogen-bond donors (Lipinski definition) is 3. The van der Waals surface area contributed by atoms with Gasteiger partial charge in [-0.05, 0) is 6.92 Å². The highest BCUT2D eigenvalue weighted by Gasteiger charge is 1.90. The van der Waals surface area contributed by atoms with E-state index in [4.69, 9.17) is 0 Å². The van der Waals surface area contributed by atoms with Crippen LogP contribution in [0.25, 0.3) is 0 Å². The highest BCUT2D eigenvalue weighted by atomic mass is 16.2. The Hall–Kier alpha value is -1.80. The van der Waals surface area contributed by atoms with Gasteiger partial charge in [0.25, 0.3) is 0 Å². The summed E-state index contributed by atoms with van der Waals surface area (Å²) in [5.74, 6) is 9.90. The van der Waals surface area contributed by atoms with Crippen molar-refractivity contribution in [3.8, 4) is 0 Å². The third-order valence-corrected chi connectivity index (χ3v) is 0.877. The number of aryl methyl sites for hydroxylation is 1. The van der Waals surface area contributed by atoms with Crippen molar-refractivity contribution in [1.82, 2.24) is 20.1 Å². The van der Waals surface area contributed by atoms with Gasteiger partial charge in [-0.2, -0.15) is 5.12 Å². The van der Waals surface area contributed by atoms with E-state index in [0.29, 0.717) is 5.12 Å². The van der Waals surface area contributed by atoms with E-state index >= 15 is 0 Å². The zero-order chi connectivity index (χ0) is 10.3. The number of primary amides is 1. The smallest absolute Gasteiger partial charge is 0.343 e. The molecule has 2 amide bonds. The van der Waals surface area contributed by atoms with Gasteiger partial charge in [0.2, 0.25) is 0 Å². The fourth-order valence-corrected chi connectivity index (χ4v) is 0.297. The number of nitrogens with zero attached hydrogens (tertiary/aromatic N) is 4. The molecule has 13 heavy (non-hydrogen) atoms. The lowest BCUT2D eigenvalue weighted by molar-refractivity contribution is 0.210. The maximum atomic E-state index is 9.60. The first kappa shape index (κ1) is 11.2. The van der Waals surface area contributed by atoms with Crippen molar-refractivity contribution in [2.24, 2.45) is 17.4 Å². The SMILES string of the molecule is Cc1ncncn1.NC(=O)N(N)N. The molecule has 0 aliphatic carbocycles. The van der Waals surface area contributed by atoms with Crippen molar-refractivity contribution >= 4 is 6.03 Å². The molecule has 0 radical (unpaired) electrons. The van der Waals surface area contributed by atoms with Crippen LogP contribution in [0.4, 0.5) is 4.79 Å². The first-order chi connectivity index (χ1) is 6.04. The molecule has 0 aromatic carbocycles. The van der Waals surface area contributed by atoms with Crippen LogP contribution in [0.2, 0.25) is 0 Å². The average Bonchev–Trinajstić information content (AvgIpc) is 2.06. The molecule has 0 atom stereocenters. The van der Waals surface area contributed by atoms with E-state index in [2.05, 4.69) is 32.4 Å². The molecule has 0 spiro atoms. The van der Waals surface area contributed by atoms with Gasteiger partial charge < -0.3 is 5.73 Å². The number of nitrogens with two attached hydrogens (primary N) is 3. The first-order valence-corrected chi connectivity index (χ1v) is 3.21. The zero-order valence-corrected chi connectivity index (χ0v) is 7.08. The second kappa shape index (κ2) is 5.80. The summed E-state index contributed by atoms with van der Waals surface area (Å²) in [5, 5.41) is 0.306. The molecule has 8 nitrogen and oxygen atoms in total. The Kier molecular flexibility index (Phi) is 5.00. The molecule has 0 aliphatic heterocycles. The van der Waals surface area contributed by atoms with Gasteiger partial charge >= 0.3 is 6.03 Å². The largest absolute Gasteiger partial charge is 0.349 e. The third-order valence-electron chi connectivity index (χ3n) is 0.877. The fourth-order valence-electron chi connectivity index (χ4n) is 0.297. The maximum absolute atomic E-state index is 9.60. The molecule has 1 rings (SSSR count). The number of carbonyl (C=O) groups is 1. The minimum atomic E-state index is -0.852. The molecule has 6 N–H and O–H groups in total. The average molecular weight is 185 g/mol. The van der Waals surface area contributed by atoms with Gasteiger partial charge in [-0.25, -0.2) is 31.4 Å². The van der Waals surface area contributed by atoms with E-state index in [1.807, 2.05) is 6.92 Å². The van der Waals surface area contributed by atoms with Crippen LogP contribution in [0.3, 0.4) is 0 Å². The molecule has 8 heteroatoms. The van der Waals surface area contributed by atoms with Crippen molar-refractivity contribution in [1.29, 1.82) is 0 Å². The van der Waals surface area contributed by atoms with Gasteiger partial charge in [0.05, 0.1) is 0 Å². The van der Waals surface area contributed by atoms with Gasteiger partial charge in [-0.15, -0.1) is 0 Å². The monoisotopic (exact) mass is 185 g/mol. The molecule has 1 aromatic rings. The summed E-state index contributed by atoms with van der Waals surface area (Å²) in [6, 6.07) is -0.852. The third kappa shape index (κ3) is 6.59. The second-order valence-corrected chi connectivity index (χ2v) is 1.93. The van der Waals surface area contributed by atoms with Gasteiger partial charge in [0.1, 0.15) is 18.5 Å². The van der Waals surface area contributed by atoms with Crippen LogP contribution < -0.4 is 17.4 Å². The van der Waals surface area contributed by atoms with Crippen LogP contribution in [0.1, 0.15) is 5.82 Å². The van der Waals surface area contributed by atoms with Crippen LogP contribution in [0.15, 0.2) is 12.7 Å². The topological polar surface area (TPSA) is 137 Å². The van der Waals surface area contributed by atoms with Crippen LogP contribution in [-0.2, 0) is 0 Å². The lowest BCUT2D eigenvalue weighted by atomic mass is 10.7. The van der Waals surface area contributed by atoms with Crippen molar-refractivity contribution in [2.75, 3.05) is 0 Å². The van der Waals surface area contributed by atoms with E-state index in [-0.39, 0.29) is 0 Å². The molecule has 72 valence electrons. The maximum Gasteiger partial charge on any atom is 0.343 e. The molecule has 0 fully saturated rings. The molecular weight excluding hydrogens is 174 g/mol. The van der Waals surface area contributed by atoms with Crippen LogP contribution in [-0.4, -0.2) is 26.1 Å². The highest BCUT2D eigenvalue weighted by Crippen LogP contribution is 1.74. The second-order valence-electron chi connectivity index (χ2n) is 1.93. The first-order valence-electron chi connectivity index (χ1n) is 3.21. The summed E-state index contributed by atoms with van der Waals surface area (Å²) >= 11 is 0. The molecule has 0 saturated carbocycles. The number of carbonyl (C=O) groups excluding carboxylic acids is 1. The van der Waals surface area contributed by atoms with Gasteiger partial charge in [0, 0.05) is 0 Å². The van der Waals surface area contributed by atoms with Crippen LogP contribution in [0.5, 0.6) is 0 Å². The number of hydrogen-bond acceptors (Lipinski definition) is 6. The normalized spacial score (nSPS) is 8.23. The lowest BCUT2D eigenvalue weighted by Crippen LogP contribution is -2.46. The Morgan fingerprint density at radius 2 is 1.77 bits per heavy atom. The van der Waals surface area contributed by atoms with Crippen molar-refractivity contribution < 1.29 is 4.79 Å². The van der Waals surface area contributed by atoms with Crippen molar-refractivity contribution in [2.45, 2.75) is 6.92 Å². The summed E-state index contributed by atoms with van der Waals surface area (Å²) in [6.07, 6.45) is 2.95. The van der Waals surface area contributed by atoms with Gasteiger partial charge in [0.15, 0.2) is 0 Å². The number of rotatable bonds is 0. The Bertz CT molecular complexity index is 248. The zero-order valence-electron chi connectivity index (χ0n) is 7.08. The number of amides is 2. The molecule has 0 unspecified atom stereocenters. The Morgan fingerprint density at radius 1 is 1.38 bits per heavy atom. The molecular formula is C5H11N7O. The van der Waals surface area contributed by atoms with Crippen LogP contribution >= 0.6 is 0 Å². The minimum absolute atomic E-state index is 0.306. The molecule has 0 bridgehead atoms. The van der Waals surface area contributed by atoms with Crippen molar-refractivity contribution in [3.63, 3.8) is 0 Å². The number of hydrazine groups is 2. The Labute approximate surface area is 74.7 Å².